The molecule has 3 nitrogen and oxygen atoms in total. The van der Waals surface area contributed by atoms with E-state index in [1.165, 1.54) is 11.3 Å². The fourth-order valence-corrected chi connectivity index (χ4v) is 2.75. The SMILES string of the molecule is O=C(Nc1cccc2cc[nH]c12)c1ccc(Cl)s1. The number of amides is 1. The van der Waals surface area contributed by atoms with Gasteiger partial charge in [-0.3, -0.25) is 4.79 Å². The van der Waals surface area contributed by atoms with Gasteiger partial charge in [-0.05, 0) is 24.3 Å². The van der Waals surface area contributed by atoms with Gasteiger partial charge in [-0.25, -0.2) is 0 Å². The average molecular weight is 277 g/mol. The smallest absolute Gasteiger partial charge is 0.265 e. The zero-order valence-electron chi connectivity index (χ0n) is 9.24. The Balaban J connectivity index is 1.92. The molecule has 0 saturated heterocycles. The van der Waals surface area contributed by atoms with Crippen LogP contribution in [0.1, 0.15) is 9.67 Å². The van der Waals surface area contributed by atoms with Gasteiger partial charge in [0.05, 0.1) is 20.4 Å². The van der Waals surface area contributed by atoms with Crippen LogP contribution in [-0.4, -0.2) is 10.9 Å². The zero-order chi connectivity index (χ0) is 12.5. The zero-order valence-corrected chi connectivity index (χ0v) is 10.8. The Morgan fingerprint density at radius 1 is 1.22 bits per heavy atom. The Labute approximate surface area is 112 Å². The molecule has 0 bridgehead atoms. The van der Waals surface area contributed by atoms with Gasteiger partial charge in [-0.1, -0.05) is 23.7 Å². The first-order valence-corrected chi connectivity index (χ1v) is 6.56. The lowest BCUT2D eigenvalue weighted by Crippen LogP contribution is -2.10. The highest BCUT2D eigenvalue weighted by Crippen LogP contribution is 2.25. The van der Waals surface area contributed by atoms with Gasteiger partial charge in [0.2, 0.25) is 0 Å². The Hall–Kier alpha value is -1.78. The third-order valence-electron chi connectivity index (χ3n) is 2.63. The summed E-state index contributed by atoms with van der Waals surface area (Å²) in [4.78, 5) is 15.7. The predicted molar refractivity (Wildman–Crippen MR) is 75.6 cm³/mol. The maximum atomic E-state index is 12.0. The number of halogens is 1. The molecule has 0 saturated carbocycles. The van der Waals surface area contributed by atoms with E-state index < -0.39 is 0 Å². The fourth-order valence-electron chi connectivity index (χ4n) is 1.81. The summed E-state index contributed by atoms with van der Waals surface area (Å²) in [6, 6.07) is 11.2. The first-order valence-electron chi connectivity index (χ1n) is 5.37. The highest BCUT2D eigenvalue weighted by molar-refractivity contribution is 7.18. The van der Waals surface area contributed by atoms with Crippen LogP contribution in [-0.2, 0) is 0 Å². The van der Waals surface area contributed by atoms with E-state index in [1.54, 1.807) is 12.1 Å². The molecule has 0 aliphatic carbocycles. The van der Waals surface area contributed by atoms with Crippen LogP contribution in [0, 0.1) is 0 Å². The maximum Gasteiger partial charge on any atom is 0.265 e. The molecule has 0 unspecified atom stereocenters. The molecule has 3 aromatic rings. The van der Waals surface area contributed by atoms with E-state index in [9.17, 15) is 4.79 Å². The second kappa shape index (κ2) is 4.48. The molecule has 3 rings (SSSR count). The topological polar surface area (TPSA) is 44.9 Å². The largest absolute Gasteiger partial charge is 0.359 e. The summed E-state index contributed by atoms with van der Waals surface area (Å²) >= 11 is 7.08. The van der Waals surface area contributed by atoms with Crippen molar-refractivity contribution in [3.05, 3.63) is 51.8 Å². The van der Waals surface area contributed by atoms with Gasteiger partial charge in [-0.2, -0.15) is 0 Å². The number of hydrogen-bond donors (Lipinski definition) is 2. The van der Waals surface area contributed by atoms with Gasteiger partial charge in [-0.15, -0.1) is 11.3 Å². The van der Waals surface area contributed by atoms with E-state index in [-0.39, 0.29) is 5.91 Å². The molecule has 2 heterocycles. The first kappa shape index (κ1) is 11.3. The number of H-pyrrole nitrogens is 1. The van der Waals surface area contributed by atoms with Crippen molar-refractivity contribution in [2.24, 2.45) is 0 Å². The number of para-hydroxylation sites is 1. The van der Waals surface area contributed by atoms with Crippen molar-refractivity contribution in [3.63, 3.8) is 0 Å². The van der Waals surface area contributed by atoms with E-state index in [0.29, 0.717) is 9.21 Å². The molecule has 0 atom stereocenters. The number of benzene rings is 1. The van der Waals surface area contributed by atoms with Crippen LogP contribution in [0.2, 0.25) is 4.34 Å². The van der Waals surface area contributed by atoms with Crippen LogP contribution >= 0.6 is 22.9 Å². The van der Waals surface area contributed by atoms with E-state index >= 15 is 0 Å². The Morgan fingerprint density at radius 3 is 2.89 bits per heavy atom. The van der Waals surface area contributed by atoms with Crippen molar-refractivity contribution in [2.45, 2.75) is 0 Å². The molecule has 0 aliphatic rings. The van der Waals surface area contributed by atoms with E-state index in [1.807, 2.05) is 30.5 Å². The third-order valence-corrected chi connectivity index (χ3v) is 3.86. The molecule has 18 heavy (non-hydrogen) atoms. The van der Waals surface area contributed by atoms with Crippen molar-refractivity contribution in [1.82, 2.24) is 4.98 Å². The van der Waals surface area contributed by atoms with Gasteiger partial charge in [0.15, 0.2) is 0 Å². The van der Waals surface area contributed by atoms with Crippen molar-refractivity contribution < 1.29 is 4.79 Å². The summed E-state index contributed by atoms with van der Waals surface area (Å²) in [6.45, 7) is 0. The molecule has 0 fully saturated rings. The van der Waals surface area contributed by atoms with Crippen LogP contribution < -0.4 is 5.32 Å². The minimum atomic E-state index is -0.144. The Morgan fingerprint density at radius 2 is 2.11 bits per heavy atom. The number of carbonyl (C=O) groups is 1. The Bertz CT molecular complexity index is 716. The van der Waals surface area contributed by atoms with Crippen molar-refractivity contribution in [3.8, 4) is 0 Å². The standard InChI is InChI=1S/C13H9ClN2OS/c14-11-5-4-10(18-11)13(17)16-9-3-1-2-8-6-7-15-12(8)9/h1-7,15H,(H,16,17). The number of thiophene rings is 1. The van der Waals surface area contributed by atoms with Crippen LogP contribution in [0.3, 0.4) is 0 Å². The number of nitrogens with one attached hydrogen (secondary N) is 2. The lowest BCUT2D eigenvalue weighted by molar-refractivity contribution is 0.103. The van der Waals surface area contributed by atoms with Gasteiger partial charge in [0, 0.05) is 11.6 Å². The molecule has 0 aliphatic heterocycles. The molecule has 0 spiro atoms. The van der Waals surface area contributed by atoms with Crippen molar-refractivity contribution >= 4 is 45.4 Å². The lowest BCUT2D eigenvalue weighted by atomic mass is 10.2. The molecule has 5 heteroatoms. The monoisotopic (exact) mass is 276 g/mol. The highest BCUT2D eigenvalue weighted by atomic mass is 35.5. The molecular weight excluding hydrogens is 268 g/mol. The van der Waals surface area contributed by atoms with E-state index in [2.05, 4.69) is 10.3 Å². The van der Waals surface area contributed by atoms with Crippen molar-refractivity contribution in [1.29, 1.82) is 0 Å². The minimum absolute atomic E-state index is 0.144. The number of hydrogen-bond acceptors (Lipinski definition) is 2. The first-order chi connectivity index (χ1) is 8.74. The molecule has 2 N–H and O–H groups in total. The summed E-state index contributed by atoms with van der Waals surface area (Å²) in [5, 5.41) is 3.95. The van der Waals surface area contributed by atoms with Crippen molar-refractivity contribution in [2.75, 3.05) is 5.32 Å². The molecule has 2 aromatic heterocycles. The minimum Gasteiger partial charge on any atom is -0.359 e. The van der Waals surface area contributed by atoms with Crippen LogP contribution in [0.4, 0.5) is 5.69 Å². The van der Waals surface area contributed by atoms with Gasteiger partial charge in [0.25, 0.3) is 5.91 Å². The summed E-state index contributed by atoms with van der Waals surface area (Å²) in [5.41, 5.74) is 1.69. The normalized spacial score (nSPS) is 10.7. The summed E-state index contributed by atoms with van der Waals surface area (Å²) < 4.78 is 0.609. The summed E-state index contributed by atoms with van der Waals surface area (Å²) in [5.74, 6) is -0.144. The van der Waals surface area contributed by atoms with E-state index in [4.69, 9.17) is 11.6 Å². The second-order valence-electron chi connectivity index (χ2n) is 3.81. The maximum absolute atomic E-state index is 12.0. The number of aromatic amines is 1. The molecule has 90 valence electrons. The van der Waals surface area contributed by atoms with Gasteiger partial charge in [0.1, 0.15) is 0 Å². The van der Waals surface area contributed by atoms with E-state index in [0.717, 1.165) is 16.6 Å². The number of aromatic nitrogens is 1. The van der Waals surface area contributed by atoms with Crippen LogP contribution in [0.25, 0.3) is 10.9 Å². The second-order valence-corrected chi connectivity index (χ2v) is 5.52. The highest BCUT2D eigenvalue weighted by Gasteiger charge is 2.10. The van der Waals surface area contributed by atoms with Crippen LogP contribution in [0.5, 0.6) is 0 Å². The molecular formula is C13H9ClN2OS. The molecule has 1 amide bonds. The number of fused-ring (bicyclic) bond motifs is 1. The fraction of sp³-hybridized carbons (Fsp3) is 0. The number of anilines is 1. The van der Waals surface area contributed by atoms with Crippen LogP contribution in [0.15, 0.2) is 42.6 Å². The number of carbonyl (C=O) groups excluding carboxylic acids is 1. The Kier molecular flexibility index (Phi) is 2.81. The van der Waals surface area contributed by atoms with Gasteiger partial charge >= 0.3 is 0 Å². The quantitative estimate of drug-likeness (QED) is 0.726. The summed E-state index contributed by atoms with van der Waals surface area (Å²) in [7, 11) is 0. The molecule has 1 aromatic carbocycles. The van der Waals surface area contributed by atoms with Gasteiger partial charge < -0.3 is 10.3 Å². The lowest BCUT2D eigenvalue weighted by Gasteiger charge is -2.04. The average Bonchev–Trinajstić information content (AvgIpc) is 2.97. The summed E-state index contributed by atoms with van der Waals surface area (Å²) in [6.07, 6.45) is 1.85. The molecule has 0 radical (unpaired) electrons. The predicted octanol–water partition coefficient (Wildman–Crippen LogP) is 4.14. The number of rotatable bonds is 2. The third kappa shape index (κ3) is 2.00.